The van der Waals surface area contributed by atoms with Crippen LogP contribution < -0.4 is 15.8 Å². The molecular formula is C24H25N3O2. The SMILES string of the molecule is CC1Cc2ccc(Oc3ccc(C(N)=O)cn3)cc2C1.c1cc2cc(c1)NCC2. The molecule has 1 aliphatic heterocycles. The number of anilines is 1. The molecule has 3 aromatic rings. The van der Waals surface area contributed by atoms with Gasteiger partial charge in [0.05, 0.1) is 5.56 Å². The van der Waals surface area contributed by atoms with Gasteiger partial charge in [-0.2, -0.15) is 0 Å². The number of amides is 1. The van der Waals surface area contributed by atoms with Crippen molar-refractivity contribution in [1.29, 1.82) is 0 Å². The molecule has 0 radical (unpaired) electrons. The van der Waals surface area contributed by atoms with Crippen LogP contribution in [0.25, 0.3) is 0 Å². The smallest absolute Gasteiger partial charge is 0.250 e. The van der Waals surface area contributed by atoms with E-state index >= 15 is 0 Å². The molecule has 3 N–H and O–H groups in total. The largest absolute Gasteiger partial charge is 0.439 e. The van der Waals surface area contributed by atoms with E-state index in [9.17, 15) is 4.79 Å². The number of hydrogen-bond acceptors (Lipinski definition) is 4. The van der Waals surface area contributed by atoms with Crippen molar-refractivity contribution in [3.05, 3.63) is 83.0 Å². The van der Waals surface area contributed by atoms with Crippen LogP contribution in [0.5, 0.6) is 11.6 Å². The number of benzene rings is 2. The third kappa shape index (κ3) is 4.74. The highest BCUT2D eigenvalue weighted by atomic mass is 16.5. The van der Waals surface area contributed by atoms with Gasteiger partial charge in [-0.1, -0.05) is 25.1 Å². The van der Waals surface area contributed by atoms with Crippen molar-refractivity contribution in [2.75, 3.05) is 11.9 Å². The van der Waals surface area contributed by atoms with E-state index in [-0.39, 0.29) is 0 Å². The summed E-state index contributed by atoms with van der Waals surface area (Å²) in [7, 11) is 0. The first-order chi connectivity index (χ1) is 14.1. The molecule has 2 aromatic carbocycles. The molecule has 29 heavy (non-hydrogen) atoms. The first-order valence-corrected chi connectivity index (χ1v) is 9.95. The Labute approximate surface area is 170 Å². The fourth-order valence-electron chi connectivity index (χ4n) is 3.77. The Balaban J connectivity index is 0.000000188. The predicted octanol–water partition coefficient (Wildman–Crippen LogP) is 4.36. The van der Waals surface area contributed by atoms with Crippen LogP contribution in [0, 0.1) is 5.92 Å². The monoisotopic (exact) mass is 387 g/mol. The van der Waals surface area contributed by atoms with Gasteiger partial charge < -0.3 is 15.8 Å². The standard InChI is InChI=1S/C16H16N2O2.C8H9N/c1-10-6-11-2-4-14(8-13(11)7-10)20-15-5-3-12(9-18-15)16(17)19;1-2-7-4-5-9-8(3-1)6-7/h2-5,8-10H,6-7H2,1H3,(H2,17,19);1-3,6,9H,4-5H2. The van der Waals surface area contributed by atoms with Crippen LogP contribution in [0.3, 0.4) is 0 Å². The Kier molecular flexibility index (Phi) is 5.47. The van der Waals surface area contributed by atoms with Gasteiger partial charge >= 0.3 is 0 Å². The van der Waals surface area contributed by atoms with Gasteiger partial charge in [-0.05, 0) is 72.2 Å². The van der Waals surface area contributed by atoms with E-state index in [1.165, 1.54) is 35.0 Å². The molecule has 0 saturated carbocycles. The van der Waals surface area contributed by atoms with Crippen LogP contribution in [-0.2, 0) is 19.3 Å². The number of fused-ring (bicyclic) bond motifs is 3. The highest BCUT2D eigenvalue weighted by Gasteiger charge is 2.18. The van der Waals surface area contributed by atoms with Gasteiger partial charge in [0.2, 0.25) is 11.8 Å². The number of carbonyl (C=O) groups excluding carboxylic acids is 1. The molecule has 1 unspecified atom stereocenters. The summed E-state index contributed by atoms with van der Waals surface area (Å²) in [5, 5.41) is 3.28. The second kappa shape index (κ2) is 8.35. The molecule has 1 atom stereocenters. The molecule has 0 saturated heterocycles. The summed E-state index contributed by atoms with van der Waals surface area (Å²) in [4.78, 5) is 15.1. The molecular weight excluding hydrogens is 362 g/mol. The Morgan fingerprint density at radius 3 is 2.69 bits per heavy atom. The maximum atomic E-state index is 11.0. The number of nitrogens with zero attached hydrogens (tertiary/aromatic N) is 1. The summed E-state index contributed by atoms with van der Waals surface area (Å²) < 4.78 is 5.71. The molecule has 1 aliphatic carbocycles. The minimum Gasteiger partial charge on any atom is -0.439 e. The fourth-order valence-corrected chi connectivity index (χ4v) is 3.77. The van der Waals surface area contributed by atoms with Gasteiger partial charge in [-0.3, -0.25) is 4.79 Å². The maximum Gasteiger partial charge on any atom is 0.250 e. The van der Waals surface area contributed by atoms with Gasteiger partial charge in [0.15, 0.2) is 0 Å². The van der Waals surface area contributed by atoms with Crippen molar-refractivity contribution < 1.29 is 9.53 Å². The maximum absolute atomic E-state index is 11.0. The molecule has 5 heteroatoms. The molecule has 0 fully saturated rings. The van der Waals surface area contributed by atoms with E-state index in [0.29, 0.717) is 17.4 Å². The molecule has 5 rings (SSSR count). The fraction of sp³-hybridized carbons (Fsp3) is 0.250. The first kappa shape index (κ1) is 19.0. The number of rotatable bonds is 3. The molecule has 2 aliphatic rings. The van der Waals surface area contributed by atoms with Crippen LogP contribution >= 0.6 is 0 Å². The van der Waals surface area contributed by atoms with Crippen molar-refractivity contribution in [2.24, 2.45) is 11.7 Å². The highest BCUT2D eigenvalue weighted by Crippen LogP contribution is 2.31. The average Bonchev–Trinajstić information content (AvgIpc) is 3.08. The van der Waals surface area contributed by atoms with Gasteiger partial charge in [0.25, 0.3) is 0 Å². The summed E-state index contributed by atoms with van der Waals surface area (Å²) >= 11 is 0. The van der Waals surface area contributed by atoms with Crippen LogP contribution in [0.2, 0.25) is 0 Å². The number of nitrogens with one attached hydrogen (secondary N) is 1. The zero-order valence-electron chi connectivity index (χ0n) is 16.5. The van der Waals surface area contributed by atoms with Crippen LogP contribution in [-0.4, -0.2) is 17.4 Å². The zero-order valence-corrected chi connectivity index (χ0v) is 16.5. The minimum atomic E-state index is -0.490. The quantitative estimate of drug-likeness (QED) is 0.700. The van der Waals surface area contributed by atoms with Crippen molar-refractivity contribution in [2.45, 2.75) is 26.2 Å². The summed E-state index contributed by atoms with van der Waals surface area (Å²) in [6.07, 6.45) is 4.84. The number of pyridine rings is 1. The average molecular weight is 387 g/mol. The van der Waals surface area contributed by atoms with E-state index < -0.39 is 5.91 Å². The summed E-state index contributed by atoms with van der Waals surface area (Å²) in [5.41, 5.74) is 11.0. The van der Waals surface area contributed by atoms with E-state index in [0.717, 1.165) is 25.1 Å². The molecule has 2 heterocycles. The summed E-state index contributed by atoms with van der Waals surface area (Å²) in [6, 6.07) is 18.0. The Morgan fingerprint density at radius 1 is 1.10 bits per heavy atom. The lowest BCUT2D eigenvalue weighted by Gasteiger charge is -2.13. The highest BCUT2D eigenvalue weighted by molar-refractivity contribution is 5.92. The zero-order chi connectivity index (χ0) is 20.2. The van der Waals surface area contributed by atoms with E-state index in [1.807, 2.05) is 6.07 Å². The second-order valence-electron chi connectivity index (χ2n) is 7.67. The number of ether oxygens (including phenoxy) is 1. The predicted molar refractivity (Wildman–Crippen MR) is 114 cm³/mol. The number of hydrogen-bond donors (Lipinski definition) is 2. The lowest BCUT2D eigenvalue weighted by atomic mass is 10.1. The number of aromatic nitrogens is 1. The lowest BCUT2D eigenvalue weighted by Crippen LogP contribution is -2.10. The van der Waals surface area contributed by atoms with Crippen molar-refractivity contribution in [3.63, 3.8) is 0 Å². The van der Waals surface area contributed by atoms with E-state index in [4.69, 9.17) is 10.5 Å². The Hall–Kier alpha value is -3.34. The van der Waals surface area contributed by atoms with Gasteiger partial charge in [0.1, 0.15) is 5.75 Å². The summed E-state index contributed by atoms with van der Waals surface area (Å²) in [5.74, 6) is 1.45. The van der Waals surface area contributed by atoms with Gasteiger partial charge in [0, 0.05) is 24.5 Å². The molecule has 5 nitrogen and oxygen atoms in total. The van der Waals surface area contributed by atoms with Gasteiger partial charge in [-0.15, -0.1) is 0 Å². The van der Waals surface area contributed by atoms with Crippen molar-refractivity contribution in [1.82, 2.24) is 4.98 Å². The van der Waals surface area contributed by atoms with Crippen molar-refractivity contribution in [3.8, 4) is 11.6 Å². The number of carbonyl (C=O) groups is 1. The lowest BCUT2D eigenvalue weighted by molar-refractivity contribution is 0.1000. The molecule has 1 aromatic heterocycles. The second-order valence-corrected chi connectivity index (χ2v) is 7.67. The van der Waals surface area contributed by atoms with Crippen LogP contribution in [0.15, 0.2) is 60.8 Å². The summed E-state index contributed by atoms with van der Waals surface area (Å²) in [6.45, 7) is 3.35. The van der Waals surface area contributed by atoms with Crippen LogP contribution in [0.4, 0.5) is 5.69 Å². The van der Waals surface area contributed by atoms with Crippen LogP contribution in [0.1, 0.15) is 34.0 Å². The van der Waals surface area contributed by atoms with Crippen molar-refractivity contribution >= 4 is 11.6 Å². The molecule has 1 amide bonds. The molecule has 148 valence electrons. The molecule has 2 bridgehead atoms. The number of nitrogens with two attached hydrogens (primary N) is 1. The third-order valence-corrected chi connectivity index (χ3v) is 5.23. The molecule has 0 spiro atoms. The third-order valence-electron chi connectivity index (χ3n) is 5.23. The van der Waals surface area contributed by atoms with E-state index in [1.54, 1.807) is 12.1 Å². The normalized spacial score (nSPS) is 16.1. The number of primary amides is 1. The topological polar surface area (TPSA) is 77.2 Å². The van der Waals surface area contributed by atoms with E-state index in [2.05, 4.69) is 53.6 Å². The Morgan fingerprint density at radius 2 is 1.97 bits per heavy atom. The Bertz CT molecular complexity index is 996. The van der Waals surface area contributed by atoms with Gasteiger partial charge in [-0.25, -0.2) is 4.98 Å². The minimum absolute atomic E-state index is 0.375. The first-order valence-electron chi connectivity index (χ1n) is 9.95.